The van der Waals surface area contributed by atoms with Gasteiger partial charge in [0.1, 0.15) is 0 Å². The molecule has 2 atom stereocenters. The third-order valence-corrected chi connectivity index (χ3v) is 13.8. The Morgan fingerprint density at radius 2 is 1.41 bits per heavy atom. The molecule has 64 heavy (non-hydrogen) atoms. The summed E-state index contributed by atoms with van der Waals surface area (Å²) in [4.78, 5) is 10.7. The Labute approximate surface area is 375 Å². The zero-order valence-electron chi connectivity index (χ0n) is 35.8. The number of allylic oxidation sites excluding steroid dienone is 8. The summed E-state index contributed by atoms with van der Waals surface area (Å²) in [5.41, 5.74) is 27.8. The van der Waals surface area contributed by atoms with Crippen LogP contribution in [-0.2, 0) is 6.42 Å². The number of aromatic nitrogens is 3. The van der Waals surface area contributed by atoms with Crippen LogP contribution in [0.2, 0.25) is 0 Å². The minimum Gasteiger partial charge on any atom is -0.354 e. The predicted molar refractivity (Wildman–Crippen MR) is 265 cm³/mol. The highest BCUT2D eigenvalue weighted by atomic mass is 15.0. The standard InChI is InChI=1S/C59H49N5/c60-37-50(38-18-5-1-2-6-19-38)58-47-29-12-11-28-46(47)56(57(63-58)39-20-7-3-8-21-39)42-25-17-24-41(34-42)51-36-52(62-59(61-51)40-22-9-4-10-23-40)43-32-33-55(49-35-48(43)49)64-53-30-15-13-26-44(53)45-27-14-16-31-54(45)64/h1,3-5,7-15,17-18,20-30,32-34,36,48-49,63H,2,6,16,19,31,35,37,60H2/b58-50+. The van der Waals surface area contributed by atoms with E-state index in [9.17, 15) is 0 Å². The van der Waals surface area contributed by atoms with Crippen molar-refractivity contribution >= 4 is 45.2 Å². The van der Waals surface area contributed by atoms with Gasteiger partial charge in [-0.2, -0.15) is 0 Å². The molecule has 3 N–H and O–H groups in total. The number of hydrogen-bond acceptors (Lipinski definition) is 4. The van der Waals surface area contributed by atoms with Crippen molar-refractivity contribution in [1.82, 2.24) is 19.9 Å². The van der Waals surface area contributed by atoms with Crippen molar-refractivity contribution in [1.29, 1.82) is 0 Å². The van der Waals surface area contributed by atoms with Crippen LogP contribution in [0.15, 0.2) is 187 Å². The number of rotatable bonds is 8. The van der Waals surface area contributed by atoms with Crippen molar-refractivity contribution in [2.24, 2.45) is 17.6 Å². The van der Waals surface area contributed by atoms with Crippen LogP contribution in [0.1, 0.15) is 71.3 Å². The minimum absolute atomic E-state index is 0.405. The molecule has 5 heteroatoms. The highest BCUT2D eigenvalue weighted by molar-refractivity contribution is 6.07. The average molecular weight is 828 g/mol. The molecule has 0 amide bonds. The molecule has 310 valence electrons. The molecule has 5 aliphatic rings. The van der Waals surface area contributed by atoms with Crippen molar-refractivity contribution in [2.45, 2.75) is 38.5 Å². The number of nitrogens with one attached hydrogen (secondary N) is 1. The lowest BCUT2D eigenvalue weighted by molar-refractivity contribution is 0.839. The third kappa shape index (κ3) is 6.67. The van der Waals surface area contributed by atoms with Crippen LogP contribution >= 0.6 is 0 Å². The highest BCUT2D eigenvalue weighted by Crippen LogP contribution is 2.57. The van der Waals surface area contributed by atoms with Gasteiger partial charge in [-0.3, -0.25) is 0 Å². The first kappa shape index (κ1) is 38.3. The monoisotopic (exact) mass is 827 g/mol. The zero-order chi connectivity index (χ0) is 42.6. The van der Waals surface area contributed by atoms with Crippen LogP contribution in [-0.4, -0.2) is 21.1 Å². The number of para-hydroxylation sites is 1. The van der Waals surface area contributed by atoms with Gasteiger partial charge in [-0.25, -0.2) is 9.97 Å². The van der Waals surface area contributed by atoms with Crippen LogP contribution in [0.4, 0.5) is 0 Å². The molecule has 4 aliphatic carbocycles. The first-order valence-corrected chi connectivity index (χ1v) is 22.9. The van der Waals surface area contributed by atoms with E-state index >= 15 is 0 Å². The molecule has 2 aromatic heterocycles. The smallest absolute Gasteiger partial charge is 0.160 e. The third-order valence-electron chi connectivity index (χ3n) is 13.8. The Kier molecular flexibility index (Phi) is 9.64. The summed E-state index contributed by atoms with van der Waals surface area (Å²) in [6.07, 6.45) is 22.5. The van der Waals surface area contributed by atoms with E-state index in [1.165, 1.54) is 44.6 Å². The average Bonchev–Trinajstić information content (AvgIpc) is 4.16. The van der Waals surface area contributed by atoms with Crippen LogP contribution in [0.5, 0.6) is 0 Å². The van der Waals surface area contributed by atoms with E-state index in [0.29, 0.717) is 18.4 Å². The minimum atomic E-state index is 0.405. The summed E-state index contributed by atoms with van der Waals surface area (Å²) in [7, 11) is 0. The number of nitrogens with zero attached hydrogens (tertiary/aromatic N) is 3. The van der Waals surface area contributed by atoms with E-state index in [4.69, 9.17) is 15.7 Å². The van der Waals surface area contributed by atoms with Crippen molar-refractivity contribution < 1.29 is 0 Å². The maximum absolute atomic E-state index is 6.66. The van der Waals surface area contributed by atoms with Gasteiger partial charge in [-0.05, 0) is 102 Å². The van der Waals surface area contributed by atoms with E-state index in [1.807, 2.05) is 0 Å². The number of fused-ring (bicyclic) bond motifs is 5. The lowest BCUT2D eigenvalue weighted by atomic mass is 9.83. The number of benzene rings is 5. The number of hydrogen-bond donors (Lipinski definition) is 2. The molecule has 12 rings (SSSR count). The van der Waals surface area contributed by atoms with Gasteiger partial charge in [0.15, 0.2) is 5.82 Å². The molecular weight excluding hydrogens is 779 g/mol. The zero-order valence-corrected chi connectivity index (χ0v) is 35.8. The Morgan fingerprint density at radius 1 is 0.656 bits per heavy atom. The topological polar surface area (TPSA) is 68.8 Å². The van der Waals surface area contributed by atoms with Gasteiger partial charge in [0, 0.05) is 57.1 Å². The van der Waals surface area contributed by atoms with Gasteiger partial charge in [0.2, 0.25) is 0 Å². The second kappa shape index (κ2) is 16.1. The predicted octanol–water partition coefficient (Wildman–Crippen LogP) is 13.2. The van der Waals surface area contributed by atoms with Crippen molar-refractivity contribution in [2.75, 3.05) is 6.54 Å². The number of nitrogens with two attached hydrogens (primary N) is 1. The Morgan fingerprint density at radius 3 is 2.27 bits per heavy atom. The van der Waals surface area contributed by atoms with Crippen LogP contribution in [0.3, 0.4) is 0 Å². The summed E-state index contributed by atoms with van der Waals surface area (Å²) in [6.45, 7) is 0.445. The van der Waals surface area contributed by atoms with Crippen molar-refractivity contribution in [3.05, 3.63) is 226 Å². The lowest BCUT2D eigenvalue weighted by Crippen LogP contribution is -2.24. The molecule has 0 bridgehead atoms. The van der Waals surface area contributed by atoms with Gasteiger partial charge in [-0.1, -0.05) is 158 Å². The lowest BCUT2D eigenvalue weighted by Gasteiger charge is -2.30. The molecule has 0 radical (unpaired) electrons. The molecule has 5 nitrogen and oxygen atoms in total. The molecule has 2 unspecified atom stereocenters. The van der Waals surface area contributed by atoms with E-state index < -0.39 is 0 Å². The summed E-state index contributed by atoms with van der Waals surface area (Å²) in [6, 6.07) is 50.0. The second-order valence-corrected chi connectivity index (χ2v) is 17.6. The van der Waals surface area contributed by atoms with Gasteiger partial charge in [-0.15, -0.1) is 0 Å². The van der Waals surface area contributed by atoms with E-state index in [1.54, 1.807) is 0 Å². The molecule has 1 saturated carbocycles. The Hall–Kier alpha value is -7.34. The second-order valence-electron chi connectivity index (χ2n) is 17.6. The van der Waals surface area contributed by atoms with Crippen molar-refractivity contribution in [3.63, 3.8) is 0 Å². The molecule has 1 aliphatic heterocycles. The fourth-order valence-electron chi connectivity index (χ4n) is 10.7. The molecular formula is C59H49N5. The molecule has 3 heterocycles. The van der Waals surface area contributed by atoms with Gasteiger partial charge < -0.3 is 15.6 Å². The van der Waals surface area contributed by atoms with E-state index in [-0.39, 0.29) is 0 Å². The Balaban J connectivity index is 0.995. The van der Waals surface area contributed by atoms with E-state index in [2.05, 4.69) is 192 Å². The van der Waals surface area contributed by atoms with Crippen molar-refractivity contribution in [3.8, 4) is 22.6 Å². The highest BCUT2D eigenvalue weighted by Gasteiger charge is 2.46. The molecule has 0 spiro atoms. The Bertz CT molecular complexity index is 3220. The van der Waals surface area contributed by atoms with Crippen LogP contribution < -0.4 is 11.1 Å². The van der Waals surface area contributed by atoms with Crippen LogP contribution in [0, 0.1) is 11.8 Å². The molecule has 5 aromatic carbocycles. The summed E-state index contributed by atoms with van der Waals surface area (Å²) >= 11 is 0. The quantitative estimate of drug-likeness (QED) is 0.160. The summed E-state index contributed by atoms with van der Waals surface area (Å²) in [5.74, 6) is 1.59. The van der Waals surface area contributed by atoms with Gasteiger partial charge in [0.25, 0.3) is 0 Å². The van der Waals surface area contributed by atoms with Gasteiger partial charge in [0.05, 0.1) is 28.3 Å². The summed E-state index contributed by atoms with van der Waals surface area (Å²) < 4.78 is 2.58. The van der Waals surface area contributed by atoms with Gasteiger partial charge >= 0.3 is 0 Å². The van der Waals surface area contributed by atoms with Crippen LogP contribution in [0.25, 0.3) is 67.9 Å². The first-order chi connectivity index (χ1) is 31.7. The first-order valence-electron chi connectivity index (χ1n) is 22.9. The molecule has 0 saturated heterocycles. The molecule has 1 fully saturated rings. The normalized spacial score (nSPS) is 19.4. The molecule has 7 aromatic rings. The fraction of sp³-hybridized carbons (Fsp3) is 0.153. The maximum atomic E-state index is 6.66. The summed E-state index contributed by atoms with van der Waals surface area (Å²) in [5, 5.41) is 5.35. The largest absolute Gasteiger partial charge is 0.354 e. The van der Waals surface area contributed by atoms with E-state index in [0.717, 1.165) is 106 Å². The fourth-order valence-corrected chi connectivity index (χ4v) is 10.7. The maximum Gasteiger partial charge on any atom is 0.160 e. The SMILES string of the molecule is NC/C(C1=CC=CCCC1)=C1\NC(c2ccccc2)=C(c2cccc(-c3cc(C4=CC=C(n5c6c(c7ccccc75)C=CCC6)C5CC45)nc(-c4ccccc4)n3)c2)c2ccccc21.